The number of nitriles is 2. The summed E-state index contributed by atoms with van der Waals surface area (Å²) in [5.74, 6) is 0.597. The van der Waals surface area contributed by atoms with E-state index in [1.807, 2.05) is 18.2 Å². The molecule has 4 heteroatoms. The predicted octanol–water partition coefficient (Wildman–Crippen LogP) is 2.69. The number of hydrogen-bond donors (Lipinski definition) is 0. The van der Waals surface area contributed by atoms with Crippen LogP contribution in [0.1, 0.15) is 31.4 Å². The summed E-state index contributed by atoms with van der Waals surface area (Å²) >= 11 is 0. The quantitative estimate of drug-likeness (QED) is 0.786. The molecule has 0 atom stereocenters. The summed E-state index contributed by atoms with van der Waals surface area (Å²) < 4.78 is 5.13. The lowest BCUT2D eigenvalue weighted by Gasteiger charge is -2.25. The van der Waals surface area contributed by atoms with Crippen molar-refractivity contribution in [2.24, 2.45) is 0 Å². The molecular formula is C15H19N3O. The smallest absolute Gasteiger partial charge is 0.136 e. The molecule has 0 unspecified atom stereocenters. The van der Waals surface area contributed by atoms with E-state index < -0.39 is 0 Å². The summed E-state index contributed by atoms with van der Waals surface area (Å²) in [4.78, 5) is 2.21. The van der Waals surface area contributed by atoms with E-state index in [0.717, 1.165) is 18.7 Å². The average molecular weight is 257 g/mol. The molecule has 100 valence electrons. The lowest BCUT2D eigenvalue weighted by molar-refractivity contribution is 0.218. The molecule has 0 amide bonds. The second kappa shape index (κ2) is 7.41. The van der Waals surface area contributed by atoms with Crippen LogP contribution in [0.2, 0.25) is 0 Å². The zero-order chi connectivity index (χ0) is 14.3. The largest absolute Gasteiger partial charge is 0.495 e. The Hall–Kier alpha value is -2.04. The van der Waals surface area contributed by atoms with Crippen LogP contribution in [0.3, 0.4) is 0 Å². The Balaban J connectivity index is 2.86. The Morgan fingerprint density at radius 1 is 1.32 bits per heavy atom. The third-order valence-corrected chi connectivity index (χ3v) is 3.01. The monoisotopic (exact) mass is 257 g/mol. The van der Waals surface area contributed by atoms with Crippen molar-refractivity contribution in [3.63, 3.8) is 0 Å². The Morgan fingerprint density at radius 2 is 2.05 bits per heavy atom. The highest BCUT2D eigenvalue weighted by molar-refractivity contribution is 5.45. The number of ether oxygens (including phenoxy) is 1. The van der Waals surface area contributed by atoms with Crippen LogP contribution >= 0.6 is 0 Å². The zero-order valence-corrected chi connectivity index (χ0v) is 11.7. The van der Waals surface area contributed by atoms with Gasteiger partial charge in [0.25, 0.3) is 0 Å². The first-order valence-corrected chi connectivity index (χ1v) is 6.30. The molecule has 0 aliphatic rings. The maximum atomic E-state index is 9.07. The van der Waals surface area contributed by atoms with Crippen LogP contribution in [0, 0.1) is 22.7 Å². The number of benzene rings is 1. The van der Waals surface area contributed by atoms with Crippen molar-refractivity contribution in [1.82, 2.24) is 4.90 Å². The van der Waals surface area contributed by atoms with E-state index >= 15 is 0 Å². The second-order valence-electron chi connectivity index (χ2n) is 4.62. The standard InChI is InChI=1S/C15H19N3O/c1-12(2)18(8-4-7-16)11-13-5-6-15(19-3)14(9-13)10-17/h5-6,9,12H,4,8,11H2,1-3H3. The van der Waals surface area contributed by atoms with Crippen molar-refractivity contribution in [1.29, 1.82) is 10.5 Å². The Bertz CT molecular complexity index is 497. The molecule has 19 heavy (non-hydrogen) atoms. The molecule has 0 spiro atoms. The molecule has 1 aromatic rings. The summed E-state index contributed by atoms with van der Waals surface area (Å²) in [6, 6.07) is 10.3. The van der Waals surface area contributed by atoms with Crippen LogP contribution in [0.25, 0.3) is 0 Å². The van der Waals surface area contributed by atoms with Crippen LogP contribution in [-0.2, 0) is 6.54 Å². The van der Waals surface area contributed by atoms with E-state index in [1.165, 1.54) is 0 Å². The summed E-state index contributed by atoms with van der Waals surface area (Å²) in [6.07, 6.45) is 0.513. The molecule has 0 radical (unpaired) electrons. The molecule has 0 fully saturated rings. The first kappa shape index (κ1) is 15.0. The van der Waals surface area contributed by atoms with Gasteiger partial charge in [-0.15, -0.1) is 0 Å². The first-order chi connectivity index (χ1) is 9.12. The van der Waals surface area contributed by atoms with Gasteiger partial charge in [-0.05, 0) is 31.5 Å². The minimum atomic E-state index is 0.362. The second-order valence-corrected chi connectivity index (χ2v) is 4.62. The Labute approximate surface area is 114 Å². The summed E-state index contributed by atoms with van der Waals surface area (Å²) in [7, 11) is 1.56. The summed E-state index contributed by atoms with van der Waals surface area (Å²) in [6.45, 7) is 5.68. The van der Waals surface area contributed by atoms with Gasteiger partial charge in [0, 0.05) is 25.6 Å². The van der Waals surface area contributed by atoms with Crippen LogP contribution in [-0.4, -0.2) is 24.6 Å². The minimum Gasteiger partial charge on any atom is -0.495 e. The van der Waals surface area contributed by atoms with Crippen molar-refractivity contribution < 1.29 is 4.74 Å². The number of nitrogens with zero attached hydrogens (tertiary/aromatic N) is 3. The van der Waals surface area contributed by atoms with Crippen LogP contribution in [0.15, 0.2) is 18.2 Å². The Kier molecular flexibility index (Phi) is 5.85. The van der Waals surface area contributed by atoms with Crippen LogP contribution in [0.5, 0.6) is 5.75 Å². The van der Waals surface area contributed by atoms with Crippen molar-refractivity contribution in [3.05, 3.63) is 29.3 Å². The highest BCUT2D eigenvalue weighted by Crippen LogP contribution is 2.20. The fraction of sp³-hybridized carbons (Fsp3) is 0.467. The molecular weight excluding hydrogens is 238 g/mol. The minimum absolute atomic E-state index is 0.362. The van der Waals surface area contributed by atoms with Gasteiger partial charge < -0.3 is 4.74 Å². The van der Waals surface area contributed by atoms with Gasteiger partial charge >= 0.3 is 0 Å². The molecule has 0 aliphatic carbocycles. The third-order valence-electron chi connectivity index (χ3n) is 3.01. The molecule has 0 N–H and O–H groups in total. The third kappa shape index (κ3) is 4.28. The maximum absolute atomic E-state index is 9.07. The molecule has 1 rings (SSSR count). The lowest BCUT2D eigenvalue weighted by atomic mass is 10.1. The van der Waals surface area contributed by atoms with E-state index in [0.29, 0.717) is 23.8 Å². The van der Waals surface area contributed by atoms with Gasteiger partial charge in [-0.1, -0.05) is 6.07 Å². The lowest BCUT2D eigenvalue weighted by Crippen LogP contribution is -2.31. The molecule has 1 aromatic carbocycles. The highest BCUT2D eigenvalue weighted by atomic mass is 16.5. The molecule has 0 aliphatic heterocycles. The van der Waals surface area contributed by atoms with Gasteiger partial charge in [0.15, 0.2) is 0 Å². The molecule has 0 bridgehead atoms. The molecule has 0 saturated carbocycles. The maximum Gasteiger partial charge on any atom is 0.136 e. The van der Waals surface area contributed by atoms with Crippen LogP contribution in [0.4, 0.5) is 0 Å². The molecule has 0 heterocycles. The van der Waals surface area contributed by atoms with Gasteiger partial charge in [0.2, 0.25) is 0 Å². The topological polar surface area (TPSA) is 60.0 Å². The van der Waals surface area contributed by atoms with E-state index in [1.54, 1.807) is 7.11 Å². The van der Waals surface area contributed by atoms with Gasteiger partial charge in [0.1, 0.15) is 11.8 Å². The van der Waals surface area contributed by atoms with Gasteiger partial charge in [-0.3, -0.25) is 4.90 Å². The van der Waals surface area contributed by atoms with Gasteiger partial charge in [-0.2, -0.15) is 10.5 Å². The summed E-state index contributed by atoms with van der Waals surface area (Å²) in [5, 5.41) is 17.7. The van der Waals surface area contributed by atoms with Crippen molar-refractivity contribution in [3.8, 4) is 17.9 Å². The molecule has 0 aromatic heterocycles. The van der Waals surface area contributed by atoms with Crippen LogP contribution < -0.4 is 4.74 Å². The summed E-state index contributed by atoms with van der Waals surface area (Å²) in [5.41, 5.74) is 1.60. The highest BCUT2D eigenvalue weighted by Gasteiger charge is 2.11. The Morgan fingerprint density at radius 3 is 2.58 bits per heavy atom. The van der Waals surface area contributed by atoms with Crippen molar-refractivity contribution >= 4 is 0 Å². The van der Waals surface area contributed by atoms with E-state index in [-0.39, 0.29) is 0 Å². The molecule has 4 nitrogen and oxygen atoms in total. The predicted molar refractivity (Wildman–Crippen MR) is 73.5 cm³/mol. The number of methoxy groups -OCH3 is 1. The van der Waals surface area contributed by atoms with Gasteiger partial charge in [0.05, 0.1) is 18.7 Å². The molecule has 0 saturated heterocycles. The fourth-order valence-electron chi connectivity index (χ4n) is 1.89. The SMILES string of the molecule is COc1ccc(CN(CCC#N)C(C)C)cc1C#N. The van der Waals surface area contributed by atoms with E-state index in [2.05, 4.69) is 30.9 Å². The zero-order valence-electron chi connectivity index (χ0n) is 11.7. The van der Waals surface area contributed by atoms with Gasteiger partial charge in [-0.25, -0.2) is 0 Å². The van der Waals surface area contributed by atoms with Crippen molar-refractivity contribution in [2.45, 2.75) is 32.9 Å². The normalized spacial score (nSPS) is 10.3. The first-order valence-electron chi connectivity index (χ1n) is 6.30. The number of hydrogen-bond acceptors (Lipinski definition) is 4. The average Bonchev–Trinajstić information content (AvgIpc) is 2.42. The van der Waals surface area contributed by atoms with Crippen molar-refractivity contribution in [2.75, 3.05) is 13.7 Å². The van der Waals surface area contributed by atoms with E-state index in [4.69, 9.17) is 15.3 Å². The number of rotatable bonds is 6. The van der Waals surface area contributed by atoms with E-state index in [9.17, 15) is 0 Å². The fourth-order valence-corrected chi connectivity index (χ4v) is 1.89.